The molecule has 0 aromatic carbocycles. The summed E-state index contributed by atoms with van der Waals surface area (Å²) in [5.74, 6) is -1.92. The topological polar surface area (TPSA) is 145 Å². The van der Waals surface area contributed by atoms with Gasteiger partial charge < -0.3 is 20.2 Å². The first kappa shape index (κ1) is 16.6. The van der Waals surface area contributed by atoms with E-state index in [4.69, 9.17) is 0 Å². The van der Waals surface area contributed by atoms with Crippen LogP contribution in [0.15, 0.2) is 10.7 Å². The van der Waals surface area contributed by atoms with Crippen molar-refractivity contribution in [3.05, 3.63) is 32.2 Å². The van der Waals surface area contributed by atoms with Gasteiger partial charge in [0.25, 0.3) is 5.91 Å². The van der Waals surface area contributed by atoms with Gasteiger partial charge in [-0.3, -0.25) is 9.48 Å². The Morgan fingerprint density at radius 3 is 2.74 bits per heavy atom. The molecule has 1 amide bonds. The third-order valence-electron chi connectivity index (χ3n) is 2.80. The van der Waals surface area contributed by atoms with Crippen LogP contribution in [0, 0.1) is 10.1 Å². The first-order chi connectivity index (χ1) is 10.9. The van der Waals surface area contributed by atoms with E-state index < -0.39 is 22.6 Å². The zero-order valence-corrected chi connectivity index (χ0v) is 13.6. The van der Waals surface area contributed by atoms with Gasteiger partial charge in [-0.05, 0) is 27.8 Å². The fourth-order valence-electron chi connectivity index (χ4n) is 1.69. The molecule has 0 aliphatic heterocycles. The maximum absolute atomic E-state index is 12.2. The predicted octanol–water partition coefficient (Wildman–Crippen LogP) is 1.34. The molecule has 0 unspecified atom stereocenters. The highest BCUT2D eigenvalue weighted by molar-refractivity contribution is 9.10. The average molecular weight is 387 g/mol. The summed E-state index contributed by atoms with van der Waals surface area (Å²) in [6.07, 6.45) is 1.44. The lowest BCUT2D eigenvalue weighted by atomic mass is 10.3. The van der Waals surface area contributed by atoms with Crippen molar-refractivity contribution in [2.75, 3.05) is 12.4 Å². The molecule has 12 heteroatoms. The molecule has 0 aliphatic carbocycles. The van der Waals surface area contributed by atoms with Gasteiger partial charge in [-0.25, -0.2) is 4.79 Å². The van der Waals surface area contributed by atoms with Crippen molar-refractivity contribution in [1.82, 2.24) is 20.0 Å². The van der Waals surface area contributed by atoms with Crippen LogP contribution in [0.1, 0.15) is 27.9 Å². The molecule has 0 bridgehead atoms. The van der Waals surface area contributed by atoms with E-state index in [1.54, 1.807) is 6.92 Å². The van der Waals surface area contributed by atoms with E-state index in [0.717, 1.165) is 0 Å². The van der Waals surface area contributed by atoms with Gasteiger partial charge in [-0.15, -0.1) is 5.10 Å². The van der Waals surface area contributed by atoms with E-state index in [1.807, 2.05) is 0 Å². The Bertz CT molecular complexity index is 782. The Labute approximate surface area is 137 Å². The number of carbonyl (C=O) groups excluding carboxylic acids is 2. The number of halogens is 1. The van der Waals surface area contributed by atoms with Crippen LogP contribution < -0.4 is 5.32 Å². The number of ether oxygens (including phenoxy) is 1. The standard InChI is InChI=1S/C11H11BrN6O5/c1-3-17-4-5(7(16-17)11(20)23-2)13-10(19)8-6(12)9(15-14-8)18(21)22/h4H,3H2,1-2H3,(H,13,19)(H,14,15). The number of carbonyl (C=O) groups is 2. The van der Waals surface area contributed by atoms with Gasteiger partial charge in [-0.2, -0.15) is 5.10 Å². The fourth-order valence-corrected chi connectivity index (χ4v) is 2.20. The van der Waals surface area contributed by atoms with Crippen molar-refractivity contribution in [3.63, 3.8) is 0 Å². The normalized spacial score (nSPS) is 10.4. The van der Waals surface area contributed by atoms with Crippen molar-refractivity contribution in [3.8, 4) is 0 Å². The maximum atomic E-state index is 12.2. The Morgan fingerprint density at radius 1 is 1.52 bits per heavy atom. The highest BCUT2D eigenvalue weighted by Crippen LogP contribution is 2.26. The van der Waals surface area contributed by atoms with Gasteiger partial charge in [0, 0.05) is 12.7 Å². The molecular weight excluding hydrogens is 376 g/mol. The molecule has 2 N–H and O–H groups in total. The summed E-state index contributed by atoms with van der Waals surface area (Å²) in [6.45, 7) is 2.27. The number of amides is 1. The second kappa shape index (κ2) is 6.56. The number of methoxy groups -OCH3 is 1. The van der Waals surface area contributed by atoms with E-state index in [9.17, 15) is 19.7 Å². The van der Waals surface area contributed by atoms with E-state index in [0.29, 0.717) is 6.54 Å². The first-order valence-electron chi connectivity index (χ1n) is 6.24. The molecule has 2 rings (SSSR count). The number of aryl methyl sites for hydroxylation is 1. The van der Waals surface area contributed by atoms with Crippen LogP contribution >= 0.6 is 15.9 Å². The number of H-pyrrole nitrogens is 1. The van der Waals surface area contributed by atoms with Crippen molar-refractivity contribution in [1.29, 1.82) is 0 Å². The van der Waals surface area contributed by atoms with Gasteiger partial charge in [0.2, 0.25) is 0 Å². The van der Waals surface area contributed by atoms with Crippen LogP contribution in [0.5, 0.6) is 0 Å². The summed E-state index contributed by atoms with van der Waals surface area (Å²) in [5.41, 5.74) is -0.193. The molecule has 2 aromatic heterocycles. The SMILES string of the molecule is CCn1cc(NC(=O)c2n[nH]c([N+](=O)[O-])c2Br)c(C(=O)OC)n1. The lowest BCUT2D eigenvalue weighted by molar-refractivity contribution is -0.390. The minimum Gasteiger partial charge on any atom is -0.464 e. The lowest BCUT2D eigenvalue weighted by Gasteiger charge is -2.02. The minimum absolute atomic E-state index is 0.0798. The zero-order chi connectivity index (χ0) is 17.1. The number of rotatable bonds is 5. The van der Waals surface area contributed by atoms with Crippen molar-refractivity contribution >= 4 is 39.3 Å². The Hall–Kier alpha value is -2.76. The molecule has 0 atom stereocenters. The van der Waals surface area contributed by atoms with E-state index in [1.165, 1.54) is 18.0 Å². The summed E-state index contributed by atoms with van der Waals surface area (Å²) >= 11 is 2.94. The fraction of sp³-hybridized carbons (Fsp3) is 0.273. The second-order valence-electron chi connectivity index (χ2n) is 4.18. The maximum Gasteiger partial charge on any atom is 0.360 e. The van der Waals surface area contributed by atoms with Gasteiger partial charge in [0.15, 0.2) is 11.4 Å². The predicted molar refractivity (Wildman–Crippen MR) is 80.1 cm³/mol. The number of hydrogen-bond acceptors (Lipinski definition) is 7. The second-order valence-corrected chi connectivity index (χ2v) is 4.98. The Morgan fingerprint density at radius 2 is 2.22 bits per heavy atom. The molecule has 2 aromatic rings. The number of aromatic nitrogens is 4. The number of nitrogens with one attached hydrogen (secondary N) is 2. The van der Waals surface area contributed by atoms with E-state index >= 15 is 0 Å². The molecule has 0 saturated carbocycles. The highest BCUT2D eigenvalue weighted by Gasteiger charge is 2.27. The number of anilines is 1. The van der Waals surface area contributed by atoms with Gasteiger partial charge >= 0.3 is 11.8 Å². The summed E-state index contributed by atoms with van der Waals surface area (Å²) in [7, 11) is 1.19. The van der Waals surface area contributed by atoms with Gasteiger partial charge in [0.1, 0.15) is 4.47 Å². The van der Waals surface area contributed by atoms with Gasteiger partial charge in [-0.1, -0.05) is 5.10 Å². The number of esters is 1. The Balaban J connectivity index is 2.32. The smallest absolute Gasteiger partial charge is 0.360 e. The van der Waals surface area contributed by atoms with Crippen LogP contribution in [0.3, 0.4) is 0 Å². The molecule has 0 aliphatic rings. The van der Waals surface area contributed by atoms with Crippen LogP contribution in [-0.4, -0.2) is 43.9 Å². The molecular formula is C11H11BrN6O5. The van der Waals surface area contributed by atoms with Crippen LogP contribution in [0.2, 0.25) is 0 Å². The monoisotopic (exact) mass is 386 g/mol. The van der Waals surface area contributed by atoms with Crippen LogP contribution in [0.4, 0.5) is 11.5 Å². The number of nitrogens with zero attached hydrogens (tertiary/aromatic N) is 4. The molecule has 11 nitrogen and oxygen atoms in total. The van der Waals surface area contributed by atoms with Crippen LogP contribution in [0.25, 0.3) is 0 Å². The summed E-state index contributed by atoms with van der Waals surface area (Å²) in [6, 6.07) is 0. The molecule has 0 saturated heterocycles. The quantitative estimate of drug-likeness (QED) is 0.447. The van der Waals surface area contributed by atoms with E-state index in [-0.39, 0.29) is 21.5 Å². The number of aromatic amines is 1. The molecule has 23 heavy (non-hydrogen) atoms. The summed E-state index contributed by atoms with van der Waals surface area (Å²) in [5, 5.41) is 22.9. The number of hydrogen-bond donors (Lipinski definition) is 2. The van der Waals surface area contributed by atoms with Crippen molar-refractivity contribution < 1.29 is 19.2 Å². The molecule has 2 heterocycles. The summed E-state index contributed by atoms with van der Waals surface area (Å²) in [4.78, 5) is 33.9. The lowest BCUT2D eigenvalue weighted by Crippen LogP contribution is -2.15. The number of nitro groups is 1. The third kappa shape index (κ3) is 3.21. The first-order valence-corrected chi connectivity index (χ1v) is 7.03. The molecule has 0 fully saturated rings. The molecule has 0 spiro atoms. The third-order valence-corrected chi connectivity index (χ3v) is 3.55. The average Bonchev–Trinajstić information content (AvgIpc) is 3.09. The minimum atomic E-state index is -0.748. The van der Waals surface area contributed by atoms with Crippen LogP contribution in [-0.2, 0) is 11.3 Å². The zero-order valence-electron chi connectivity index (χ0n) is 12.0. The Kier molecular flexibility index (Phi) is 4.74. The largest absolute Gasteiger partial charge is 0.464 e. The molecule has 122 valence electrons. The highest BCUT2D eigenvalue weighted by atomic mass is 79.9. The van der Waals surface area contributed by atoms with Crippen molar-refractivity contribution in [2.24, 2.45) is 0 Å². The van der Waals surface area contributed by atoms with Gasteiger partial charge in [0.05, 0.1) is 12.8 Å². The molecule has 0 radical (unpaired) electrons. The van der Waals surface area contributed by atoms with E-state index in [2.05, 4.69) is 41.3 Å². The van der Waals surface area contributed by atoms with Crippen molar-refractivity contribution in [2.45, 2.75) is 13.5 Å². The summed E-state index contributed by atoms with van der Waals surface area (Å²) < 4.78 is 5.93.